The van der Waals surface area contributed by atoms with Gasteiger partial charge >= 0.3 is 0 Å². The van der Waals surface area contributed by atoms with Crippen molar-refractivity contribution in [3.05, 3.63) is 71.3 Å². The Morgan fingerprint density at radius 1 is 1.00 bits per heavy atom. The minimum absolute atomic E-state index is 0.0807. The first-order valence-corrected chi connectivity index (χ1v) is 6.67. The van der Waals surface area contributed by atoms with Gasteiger partial charge in [0.05, 0.1) is 0 Å². The Kier molecular flexibility index (Phi) is 3.35. The molecule has 1 nitrogen and oxygen atoms in total. The minimum atomic E-state index is -0.643. The van der Waals surface area contributed by atoms with Gasteiger partial charge in [0.2, 0.25) is 0 Å². The number of ketones is 1. The zero-order chi connectivity index (χ0) is 14.1. The van der Waals surface area contributed by atoms with Crippen molar-refractivity contribution in [2.75, 3.05) is 0 Å². The minimum Gasteiger partial charge on any atom is -0.299 e. The Morgan fingerprint density at radius 2 is 1.65 bits per heavy atom. The van der Waals surface area contributed by atoms with Gasteiger partial charge in [-0.3, -0.25) is 4.79 Å². The van der Waals surface area contributed by atoms with Gasteiger partial charge in [-0.1, -0.05) is 36.4 Å². The number of benzene rings is 2. The van der Waals surface area contributed by atoms with Crippen LogP contribution < -0.4 is 0 Å². The van der Waals surface area contributed by atoms with E-state index in [0.29, 0.717) is 0 Å². The van der Waals surface area contributed by atoms with Crippen LogP contribution in [0.15, 0.2) is 48.5 Å². The monoisotopic (exact) mass is 272 g/mol. The molecule has 0 saturated heterocycles. The normalized spacial score (nSPS) is 20.7. The summed E-state index contributed by atoms with van der Waals surface area (Å²) in [5.74, 6) is -1.26. The summed E-state index contributed by atoms with van der Waals surface area (Å²) < 4.78 is 27.0. The van der Waals surface area contributed by atoms with Crippen LogP contribution in [0.1, 0.15) is 23.5 Å². The van der Waals surface area contributed by atoms with Crippen molar-refractivity contribution < 1.29 is 13.6 Å². The third kappa shape index (κ3) is 2.48. The molecule has 102 valence electrons. The Bertz CT molecular complexity index is 616. The number of rotatable bonds is 4. The summed E-state index contributed by atoms with van der Waals surface area (Å²) in [6.45, 7) is 0. The zero-order valence-electron chi connectivity index (χ0n) is 10.9. The van der Waals surface area contributed by atoms with Gasteiger partial charge in [-0.05, 0) is 30.0 Å². The number of carbonyl (C=O) groups is 1. The van der Waals surface area contributed by atoms with Gasteiger partial charge in [0.25, 0.3) is 0 Å². The molecule has 0 radical (unpaired) electrons. The summed E-state index contributed by atoms with van der Waals surface area (Å²) >= 11 is 0. The maximum atomic E-state index is 13.5. The molecule has 2 atom stereocenters. The summed E-state index contributed by atoms with van der Waals surface area (Å²) in [6.07, 6.45) is 0.616. The highest BCUT2D eigenvalue weighted by atomic mass is 19.1. The number of carbonyl (C=O) groups excluding carboxylic acids is 1. The van der Waals surface area contributed by atoms with E-state index in [0.717, 1.165) is 12.0 Å². The zero-order valence-corrected chi connectivity index (χ0v) is 10.9. The maximum absolute atomic E-state index is 13.5. The number of hydrogen-bond acceptors (Lipinski definition) is 1. The molecule has 3 heteroatoms. The molecule has 2 aromatic rings. The van der Waals surface area contributed by atoms with E-state index < -0.39 is 11.6 Å². The third-order valence-electron chi connectivity index (χ3n) is 3.84. The van der Waals surface area contributed by atoms with Gasteiger partial charge in [-0.2, -0.15) is 0 Å². The molecule has 2 aromatic carbocycles. The largest absolute Gasteiger partial charge is 0.299 e. The van der Waals surface area contributed by atoms with Crippen LogP contribution in [0, 0.1) is 17.6 Å². The van der Waals surface area contributed by atoms with Crippen molar-refractivity contribution in [3.63, 3.8) is 0 Å². The highest BCUT2D eigenvalue weighted by molar-refractivity contribution is 5.87. The third-order valence-corrected chi connectivity index (χ3v) is 3.84. The lowest BCUT2D eigenvalue weighted by Gasteiger charge is -2.04. The first-order valence-electron chi connectivity index (χ1n) is 6.67. The first kappa shape index (κ1) is 13.0. The van der Waals surface area contributed by atoms with E-state index in [9.17, 15) is 13.6 Å². The lowest BCUT2D eigenvalue weighted by molar-refractivity contribution is -0.119. The fraction of sp³-hybridized carbons (Fsp3) is 0.235. The average Bonchev–Trinajstić information content (AvgIpc) is 3.24. The molecule has 0 heterocycles. The van der Waals surface area contributed by atoms with Crippen LogP contribution in [0.4, 0.5) is 8.78 Å². The lowest BCUT2D eigenvalue weighted by atomic mass is 10.0. The highest BCUT2D eigenvalue weighted by Crippen LogP contribution is 2.48. The topological polar surface area (TPSA) is 17.1 Å². The second-order valence-corrected chi connectivity index (χ2v) is 5.20. The smallest absolute Gasteiger partial charge is 0.141 e. The summed E-state index contributed by atoms with van der Waals surface area (Å²) in [7, 11) is 0. The van der Waals surface area contributed by atoms with E-state index >= 15 is 0 Å². The van der Waals surface area contributed by atoms with Crippen LogP contribution in [0.2, 0.25) is 0 Å². The van der Waals surface area contributed by atoms with Gasteiger partial charge in [0, 0.05) is 17.9 Å². The predicted molar refractivity (Wildman–Crippen MR) is 72.4 cm³/mol. The van der Waals surface area contributed by atoms with Crippen LogP contribution >= 0.6 is 0 Å². The molecule has 1 aliphatic rings. The Labute approximate surface area is 116 Å². The van der Waals surface area contributed by atoms with Gasteiger partial charge in [0.15, 0.2) is 0 Å². The van der Waals surface area contributed by atoms with Crippen LogP contribution in [0.25, 0.3) is 0 Å². The fourth-order valence-electron chi connectivity index (χ4n) is 2.63. The fourth-order valence-corrected chi connectivity index (χ4v) is 2.63. The number of Topliss-reactive ketones (excluding diaryl/α,β-unsaturated/α-hetero) is 1. The van der Waals surface area contributed by atoms with Crippen molar-refractivity contribution in [1.29, 1.82) is 0 Å². The first-order chi connectivity index (χ1) is 9.66. The standard InChI is InChI=1S/C17H14F2O/c18-15-7-4-8-16(19)14(15)10-17(20)13-9-12(13)11-5-2-1-3-6-11/h1-8,12-13H,9-10H2. The van der Waals surface area contributed by atoms with Crippen LogP contribution in [-0.2, 0) is 11.2 Å². The van der Waals surface area contributed by atoms with Crippen molar-refractivity contribution in [1.82, 2.24) is 0 Å². The van der Waals surface area contributed by atoms with E-state index in [-0.39, 0.29) is 29.6 Å². The SMILES string of the molecule is O=C(Cc1c(F)cccc1F)C1CC1c1ccccc1. The van der Waals surface area contributed by atoms with E-state index in [1.165, 1.54) is 18.2 Å². The molecule has 3 rings (SSSR count). The van der Waals surface area contributed by atoms with E-state index in [2.05, 4.69) is 0 Å². The van der Waals surface area contributed by atoms with Crippen molar-refractivity contribution in [3.8, 4) is 0 Å². The quantitative estimate of drug-likeness (QED) is 0.825. The van der Waals surface area contributed by atoms with Crippen LogP contribution in [-0.4, -0.2) is 5.78 Å². The number of halogens is 2. The molecule has 0 amide bonds. The Hall–Kier alpha value is -2.03. The molecule has 1 aliphatic carbocycles. The van der Waals surface area contributed by atoms with Gasteiger partial charge in [0.1, 0.15) is 17.4 Å². The molecular weight excluding hydrogens is 258 g/mol. The molecule has 0 N–H and O–H groups in total. The number of hydrogen-bond donors (Lipinski definition) is 0. The Morgan fingerprint density at radius 3 is 2.30 bits per heavy atom. The summed E-state index contributed by atoms with van der Waals surface area (Å²) in [5.41, 5.74) is 1.01. The highest BCUT2D eigenvalue weighted by Gasteiger charge is 2.43. The van der Waals surface area contributed by atoms with E-state index in [1.54, 1.807) is 0 Å². The summed E-state index contributed by atoms with van der Waals surface area (Å²) in [5, 5.41) is 0. The van der Waals surface area contributed by atoms with Gasteiger partial charge < -0.3 is 0 Å². The molecule has 0 spiro atoms. The Balaban J connectivity index is 1.70. The molecule has 0 bridgehead atoms. The molecule has 1 saturated carbocycles. The molecular formula is C17H14F2O. The summed E-state index contributed by atoms with van der Waals surface area (Å²) in [4.78, 5) is 12.1. The average molecular weight is 272 g/mol. The lowest BCUT2D eigenvalue weighted by Crippen LogP contribution is -2.09. The van der Waals surface area contributed by atoms with Crippen LogP contribution in [0.3, 0.4) is 0 Å². The molecule has 2 unspecified atom stereocenters. The molecule has 0 aromatic heterocycles. The molecule has 1 fully saturated rings. The predicted octanol–water partition coefficient (Wildman–Crippen LogP) is 3.88. The maximum Gasteiger partial charge on any atom is 0.141 e. The van der Waals surface area contributed by atoms with E-state index in [4.69, 9.17) is 0 Å². The van der Waals surface area contributed by atoms with Crippen LogP contribution in [0.5, 0.6) is 0 Å². The molecule has 0 aliphatic heterocycles. The second kappa shape index (κ2) is 5.16. The van der Waals surface area contributed by atoms with Gasteiger partial charge in [-0.25, -0.2) is 8.78 Å². The van der Waals surface area contributed by atoms with Crippen molar-refractivity contribution in [2.24, 2.45) is 5.92 Å². The second-order valence-electron chi connectivity index (χ2n) is 5.20. The van der Waals surface area contributed by atoms with Crippen molar-refractivity contribution in [2.45, 2.75) is 18.8 Å². The summed E-state index contributed by atoms with van der Waals surface area (Å²) in [6, 6.07) is 13.5. The molecule has 20 heavy (non-hydrogen) atoms. The van der Waals surface area contributed by atoms with Crippen molar-refractivity contribution >= 4 is 5.78 Å². The van der Waals surface area contributed by atoms with E-state index in [1.807, 2.05) is 30.3 Å². The van der Waals surface area contributed by atoms with Gasteiger partial charge in [-0.15, -0.1) is 0 Å².